The normalized spacial score (nSPS) is 10.1. The molecule has 0 bridgehead atoms. The monoisotopic (exact) mass is 431 g/mol. The lowest BCUT2D eigenvalue weighted by Gasteiger charge is -2.13. The summed E-state index contributed by atoms with van der Waals surface area (Å²) in [7, 11) is 2.32. The third-order valence-electron chi connectivity index (χ3n) is 4.31. The van der Waals surface area contributed by atoms with E-state index in [9.17, 15) is 0 Å². The molecule has 9 N–H and O–H groups in total. The molecule has 0 aliphatic heterocycles. The van der Waals surface area contributed by atoms with Crippen LogP contribution in [-0.4, -0.2) is 13.6 Å². The van der Waals surface area contributed by atoms with Crippen molar-refractivity contribution < 1.29 is 42.1 Å². The first-order chi connectivity index (χ1) is 10.3. The van der Waals surface area contributed by atoms with Crippen LogP contribution >= 0.6 is 0 Å². The average Bonchev–Trinajstić information content (AvgIpc) is 2.50. The Labute approximate surface area is 181 Å². The summed E-state index contributed by atoms with van der Waals surface area (Å²) in [6.45, 7) is 4.76. The summed E-state index contributed by atoms with van der Waals surface area (Å²) >= 11 is 0. The van der Waals surface area contributed by atoms with E-state index < -0.39 is 0 Å². The first-order valence-electron chi connectivity index (χ1n) is 9.18. The summed E-state index contributed by atoms with van der Waals surface area (Å²) in [4.78, 5) is 1.64. The molecule has 0 fully saturated rings. The lowest BCUT2D eigenvalue weighted by Crippen LogP contribution is -3.07. The van der Waals surface area contributed by atoms with E-state index in [0.717, 1.165) is 6.54 Å². The van der Waals surface area contributed by atoms with E-state index in [1.165, 1.54) is 76.3 Å². The average molecular weight is 433 g/mol. The molecule has 0 radical (unpaired) electrons. The first kappa shape index (κ1) is 36.8. The maximum atomic E-state index is 2.32. The summed E-state index contributed by atoms with van der Waals surface area (Å²) < 4.78 is 0. The number of hydrogen-bond acceptors (Lipinski definition) is 0. The molecule has 6 heteroatoms. The van der Waals surface area contributed by atoms with E-state index >= 15 is 0 Å². The van der Waals surface area contributed by atoms with Gasteiger partial charge in [-0.1, -0.05) is 88.6 Å². The Morgan fingerprint density at radius 2 is 1.08 bits per heavy atom. The fourth-order valence-corrected chi connectivity index (χ4v) is 2.95. The summed E-state index contributed by atoms with van der Waals surface area (Å²) in [6.07, 6.45) is 14.3. The van der Waals surface area contributed by atoms with Crippen molar-refractivity contribution in [3.8, 4) is 0 Å². The Bertz CT molecular complexity index is 340. The lowest BCUT2D eigenvalue weighted by molar-refractivity contribution is -0.894. The highest BCUT2D eigenvalue weighted by atomic mass is 35.5. The molecule has 3 nitrogen and oxygen atoms in total. The molecule has 1 rings (SSSR count). The van der Waals surface area contributed by atoms with Gasteiger partial charge in [-0.05, 0) is 12.8 Å². The van der Waals surface area contributed by atoms with Crippen molar-refractivity contribution in [1.29, 1.82) is 0 Å². The molecule has 0 aliphatic rings. The van der Waals surface area contributed by atoms with Gasteiger partial charge >= 0.3 is 0 Å². The van der Waals surface area contributed by atoms with Gasteiger partial charge < -0.3 is 54.4 Å². The molecule has 0 heterocycles. The second-order valence-corrected chi connectivity index (χ2v) is 6.55. The zero-order chi connectivity index (χ0) is 15.2. The van der Waals surface area contributed by atoms with Crippen LogP contribution in [0.2, 0.25) is 0 Å². The standard InChI is InChI=1S/C20H35N.3ClH.2H3N/c1-3-4-5-6-7-8-9-10-11-15-18-21(2)19-20-16-13-12-14-17-20;;;;;/h12-14,16-17H,3-11,15,18-19H2,1-2H3;3*1H;2*1H3. The van der Waals surface area contributed by atoms with Crippen LogP contribution in [0.15, 0.2) is 30.3 Å². The Kier molecular flexibility index (Phi) is 38.5. The minimum absolute atomic E-state index is 0. The SMILES string of the molecule is CCCCCCCCCCCC[NH+](C)Cc1ccccc1.[Cl-].[Cl-].[Cl-].[NH4+].[NH4+]. The molecule has 1 aromatic carbocycles. The highest BCUT2D eigenvalue weighted by Crippen LogP contribution is 2.10. The van der Waals surface area contributed by atoms with E-state index in [4.69, 9.17) is 0 Å². The molecule has 0 spiro atoms. The summed E-state index contributed by atoms with van der Waals surface area (Å²) in [5.74, 6) is 0. The van der Waals surface area contributed by atoms with Crippen LogP contribution in [0.3, 0.4) is 0 Å². The summed E-state index contributed by atoms with van der Waals surface area (Å²) in [6, 6.07) is 10.9. The van der Waals surface area contributed by atoms with E-state index in [1.807, 2.05) is 0 Å². The molecule has 26 heavy (non-hydrogen) atoms. The lowest BCUT2D eigenvalue weighted by atomic mass is 10.1. The van der Waals surface area contributed by atoms with Crippen LogP contribution in [0.25, 0.3) is 0 Å². The fraction of sp³-hybridized carbons (Fsp3) is 0.700. The summed E-state index contributed by atoms with van der Waals surface area (Å²) in [5, 5.41) is 0. The Balaban J connectivity index is -0.000000294. The molecular formula is C20H44Cl3N3. The minimum Gasteiger partial charge on any atom is -1.00 e. The quantitative estimate of drug-likeness (QED) is 0.269. The van der Waals surface area contributed by atoms with Crippen LogP contribution in [0.5, 0.6) is 0 Å². The number of quaternary nitrogens is 3. The van der Waals surface area contributed by atoms with Gasteiger partial charge in [0.25, 0.3) is 0 Å². The maximum Gasteiger partial charge on any atom is 0.103 e. The number of rotatable bonds is 13. The van der Waals surface area contributed by atoms with Gasteiger partial charge in [-0.2, -0.15) is 0 Å². The Hall–Kier alpha value is -0.0300. The van der Waals surface area contributed by atoms with Crippen LogP contribution in [-0.2, 0) is 6.54 Å². The fourth-order valence-electron chi connectivity index (χ4n) is 2.95. The molecule has 1 unspecified atom stereocenters. The minimum atomic E-state index is 0. The predicted molar refractivity (Wildman–Crippen MR) is 106 cm³/mol. The zero-order valence-electron chi connectivity index (χ0n) is 17.5. The second kappa shape index (κ2) is 27.2. The van der Waals surface area contributed by atoms with Crippen molar-refractivity contribution in [1.82, 2.24) is 12.3 Å². The van der Waals surface area contributed by atoms with Crippen LogP contribution in [0.4, 0.5) is 0 Å². The predicted octanol–water partition coefficient (Wildman–Crippen LogP) is -3.61. The van der Waals surface area contributed by atoms with Gasteiger partial charge in [0.15, 0.2) is 0 Å². The molecule has 0 saturated heterocycles. The molecule has 160 valence electrons. The topological polar surface area (TPSA) is 77.4 Å². The molecule has 1 atom stereocenters. The van der Waals surface area contributed by atoms with Gasteiger partial charge in [-0.25, -0.2) is 0 Å². The van der Waals surface area contributed by atoms with Crippen LogP contribution in [0, 0.1) is 0 Å². The smallest absolute Gasteiger partial charge is 0.103 e. The van der Waals surface area contributed by atoms with E-state index in [0.29, 0.717) is 0 Å². The van der Waals surface area contributed by atoms with Crippen molar-refractivity contribution in [3.05, 3.63) is 35.9 Å². The highest BCUT2D eigenvalue weighted by Gasteiger charge is 2.02. The summed E-state index contributed by atoms with van der Waals surface area (Å²) in [5.41, 5.74) is 1.46. The van der Waals surface area contributed by atoms with Crippen LogP contribution < -0.4 is 54.4 Å². The number of nitrogens with one attached hydrogen (secondary N) is 1. The largest absolute Gasteiger partial charge is 1.00 e. The third-order valence-corrected chi connectivity index (χ3v) is 4.31. The van der Waals surface area contributed by atoms with Crippen molar-refractivity contribution in [2.75, 3.05) is 13.6 Å². The maximum absolute atomic E-state index is 2.32. The third kappa shape index (κ3) is 22.0. The second-order valence-electron chi connectivity index (χ2n) is 6.55. The Morgan fingerprint density at radius 1 is 0.654 bits per heavy atom. The van der Waals surface area contributed by atoms with Gasteiger partial charge in [0.1, 0.15) is 6.54 Å². The highest BCUT2D eigenvalue weighted by molar-refractivity contribution is 5.13. The van der Waals surface area contributed by atoms with Gasteiger partial charge in [-0.15, -0.1) is 0 Å². The van der Waals surface area contributed by atoms with E-state index in [-0.39, 0.29) is 49.5 Å². The van der Waals surface area contributed by atoms with Gasteiger partial charge in [0, 0.05) is 5.56 Å². The molecule has 0 saturated carbocycles. The van der Waals surface area contributed by atoms with Crippen LogP contribution in [0.1, 0.15) is 76.7 Å². The van der Waals surface area contributed by atoms with E-state index in [2.05, 4.69) is 44.3 Å². The van der Waals surface area contributed by atoms with Crippen molar-refractivity contribution >= 4 is 0 Å². The van der Waals surface area contributed by atoms with Crippen molar-refractivity contribution in [3.63, 3.8) is 0 Å². The van der Waals surface area contributed by atoms with Gasteiger partial charge in [0.2, 0.25) is 0 Å². The molecule has 0 aliphatic carbocycles. The van der Waals surface area contributed by atoms with Crippen molar-refractivity contribution in [2.24, 2.45) is 0 Å². The molecule has 1 aromatic rings. The first-order valence-corrected chi connectivity index (χ1v) is 9.18. The number of halogens is 3. The number of unbranched alkanes of at least 4 members (excludes halogenated alkanes) is 9. The Morgan fingerprint density at radius 3 is 1.54 bits per heavy atom. The number of hydrogen-bond donors (Lipinski definition) is 3. The molecular weight excluding hydrogens is 389 g/mol. The zero-order valence-corrected chi connectivity index (χ0v) is 19.8. The molecule has 0 amide bonds. The van der Waals surface area contributed by atoms with E-state index in [1.54, 1.807) is 4.90 Å². The van der Waals surface area contributed by atoms with Gasteiger partial charge in [0.05, 0.1) is 13.6 Å². The van der Waals surface area contributed by atoms with Crippen molar-refractivity contribution in [2.45, 2.75) is 77.7 Å². The molecule has 0 aromatic heterocycles. The number of benzene rings is 1. The van der Waals surface area contributed by atoms with Gasteiger partial charge in [-0.3, -0.25) is 0 Å².